The van der Waals surface area contributed by atoms with Crippen molar-refractivity contribution in [3.8, 4) is 0 Å². The standard InChI is InChI=1S/C34H42FNO2/c1-34(2)16-13-26(14-17-34)30-6-3-5-28-22-29(33(37)38)11-12-31(28)32(30)27-9-7-24(8-10-27)21-25-15-20-36(23-25)19-4-18-35/h7-13,22,25H,3-6,14-21,23H2,1-2H3,(H,37,38). The fraction of sp³-hybridized carbons (Fsp3) is 0.500. The lowest BCUT2D eigenvalue weighted by atomic mass is 9.75. The zero-order chi connectivity index (χ0) is 26.7. The number of nitrogens with zero attached hydrogens (tertiary/aromatic N) is 1. The normalized spacial score (nSPS) is 21.7. The number of carboxylic acids is 1. The third kappa shape index (κ3) is 6.12. The quantitative estimate of drug-likeness (QED) is 0.389. The van der Waals surface area contributed by atoms with E-state index in [2.05, 4.69) is 49.1 Å². The van der Waals surface area contributed by atoms with Crippen LogP contribution in [-0.4, -0.2) is 42.3 Å². The Bertz CT molecular complexity index is 1220. The van der Waals surface area contributed by atoms with Crippen LogP contribution >= 0.6 is 0 Å². The molecular formula is C34H42FNO2. The summed E-state index contributed by atoms with van der Waals surface area (Å²) < 4.78 is 12.6. The Morgan fingerprint density at radius 1 is 1.11 bits per heavy atom. The van der Waals surface area contributed by atoms with Gasteiger partial charge in [0.25, 0.3) is 0 Å². The summed E-state index contributed by atoms with van der Waals surface area (Å²) in [7, 11) is 0. The molecule has 202 valence electrons. The Kier molecular flexibility index (Phi) is 8.18. The summed E-state index contributed by atoms with van der Waals surface area (Å²) in [6.07, 6.45) is 11.7. The minimum atomic E-state index is -0.862. The second-order valence-corrected chi connectivity index (χ2v) is 12.4. The molecule has 1 atom stereocenters. The Hall–Kier alpha value is -2.72. The van der Waals surface area contributed by atoms with Crippen LogP contribution in [0.1, 0.15) is 91.4 Å². The molecule has 0 spiro atoms. The molecule has 38 heavy (non-hydrogen) atoms. The molecule has 5 rings (SSSR count). The maximum Gasteiger partial charge on any atom is 0.335 e. The molecule has 0 saturated carbocycles. The van der Waals surface area contributed by atoms with Crippen LogP contribution in [0.25, 0.3) is 5.57 Å². The molecule has 0 bridgehead atoms. The third-order valence-electron chi connectivity index (χ3n) is 8.90. The Morgan fingerprint density at radius 2 is 1.92 bits per heavy atom. The fourth-order valence-corrected chi connectivity index (χ4v) is 6.63. The number of hydrogen-bond acceptors (Lipinski definition) is 2. The van der Waals surface area contributed by atoms with Gasteiger partial charge in [-0.3, -0.25) is 4.39 Å². The third-order valence-corrected chi connectivity index (χ3v) is 8.90. The van der Waals surface area contributed by atoms with E-state index in [-0.39, 0.29) is 6.67 Å². The molecular weight excluding hydrogens is 473 g/mol. The van der Waals surface area contributed by atoms with Crippen LogP contribution in [0.5, 0.6) is 0 Å². The van der Waals surface area contributed by atoms with Crippen molar-refractivity contribution in [3.63, 3.8) is 0 Å². The van der Waals surface area contributed by atoms with Crippen LogP contribution in [0, 0.1) is 11.3 Å². The number of likely N-dealkylation sites (tertiary alicyclic amines) is 1. The van der Waals surface area contributed by atoms with Crippen molar-refractivity contribution in [2.24, 2.45) is 11.3 Å². The zero-order valence-corrected chi connectivity index (χ0v) is 23.1. The van der Waals surface area contributed by atoms with E-state index in [0.29, 0.717) is 23.3 Å². The first-order valence-corrected chi connectivity index (χ1v) is 14.5. The molecule has 2 aromatic carbocycles. The van der Waals surface area contributed by atoms with E-state index in [1.165, 1.54) is 46.3 Å². The van der Waals surface area contributed by atoms with E-state index in [4.69, 9.17) is 0 Å². The molecule has 3 nitrogen and oxygen atoms in total. The molecule has 3 aliphatic rings. The van der Waals surface area contributed by atoms with Gasteiger partial charge in [-0.25, -0.2) is 4.79 Å². The first-order chi connectivity index (χ1) is 18.3. The summed E-state index contributed by atoms with van der Waals surface area (Å²) in [6.45, 7) is 7.51. The number of carbonyl (C=O) groups is 1. The first-order valence-electron chi connectivity index (χ1n) is 14.5. The van der Waals surface area contributed by atoms with Crippen molar-refractivity contribution in [1.29, 1.82) is 0 Å². The van der Waals surface area contributed by atoms with E-state index < -0.39 is 5.97 Å². The van der Waals surface area contributed by atoms with Gasteiger partial charge in [-0.15, -0.1) is 0 Å². The number of alkyl halides is 1. The molecule has 1 heterocycles. The van der Waals surface area contributed by atoms with Crippen molar-refractivity contribution in [3.05, 3.63) is 87.5 Å². The average Bonchev–Trinajstić information content (AvgIpc) is 3.26. The van der Waals surface area contributed by atoms with Crippen LogP contribution in [0.3, 0.4) is 0 Å². The molecule has 1 unspecified atom stereocenters. The summed E-state index contributed by atoms with van der Waals surface area (Å²) in [6, 6.07) is 14.9. The highest BCUT2D eigenvalue weighted by Gasteiger charge is 2.27. The summed E-state index contributed by atoms with van der Waals surface area (Å²) in [5.41, 5.74) is 9.90. The predicted molar refractivity (Wildman–Crippen MR) is 153 cm³/mol. The minimum absolute atomic E-state index is 0.226. The summed E-state index contributed by atoms with van der Waals surface area (Å²) in [5, 5.41) is 9.61. The fourth-order valence-electron chi connectivity index (χ4n) is 6.63. The molecule has 4 heteroatoms. The van der Waals surface area contributed by atoms with Gasteiger partial charge >= 0.3 is 5.97 Å². The molecule has 1 N–H and O–H groups in total. The lowest BCUT2D eigenvalue weighted by Gasteiger charge is -2.30. The predicted octanol–water partition coefficient (Wildman–Crippen LogP) is 7.88. The highest BCUT2D eigenvalue weighted by Crippen LogP contribution is 2.44. The second-order valence-electron chi connectivity index (χ2n) is 12.4. The number of halogens is 1. The van der Waals surface area contributed by atoms with E-state index in [1.54, 1.807) is 6.07 Å². The van der Waals surface area contributed by atoms with Crippen LogP contribution in [0.4, 0.5) is 4.39 Å². The van der Waals surface area contributed by atoms with Gasteiger partial charge in [0.2, 0.25) is 0 Å². The number of aromatic carboxylic acids is 1. The number of allylic oxidation sites excluding steroid dienone is 3. The lowest BCUT2D eigenvalue weighted by Crippen LogP contribution is -2.22. The lowest BCUT2D eigenvalue weighted by molar-refractivity contribution is 0.0696. The molecule has 0 aromatic heterocycles. The van der Waals surface area contributed by atoms with Crippen molar-refractivity contribution >= 4 is 11.5 Å². The Labute approximate surface area is 227 Å². The van der Waals surface area contributed by atoms with E-state index >= 15 is 0 Å². The average molecular weight is 516 g/mol. The number of aryl methyl sites for hydroxylation is 1. The molecule has 1 aliphatic heterocycles. The van der Waals surface area contributed by atoms with Crippen molar-refractivity contribution in [2.45, 2.75) is 71.6 Å². The maximum absolute atomic E-state index is 12.6. The summed E-state index contributed by atoms with van der Waals surface area (Å²) in [4.78, 5) is 14.1. The van der Waals surface area contributed by atoms with Gasteiger partial charge in [0, 0.05) is 13.1 Å². The van der Waals surface area contributed by atoms with Crippen LogP contribution in [0.15, 0.2) is 59.7 Å². The summed E-state index contributed by atoms with van der Waals surface area (Å²) in [5.74, 6) is -0.224. The highest BCUT2D eigenvalue weighted by atomic mass is 19.1. The minimum Gasteiger partial charge on any atom is -0.478 e. The number of benzene rings is 2. The molecule has 0 amide bonds. The number of fused-ring (bicyclic) bond motifs is 1. The number of carboxylic acid groups (broad SMARTS) is 1. The van der Waals surface area contributed by atoms with Crippen molar-refractivity contribution in [2.75, 3.05) is 26.3 Å². The van der Waals surface area contributed by atoms with Crippen LogP contribution in [0.2, 0.25) is 0 Å². The van der Waals surface area contributed by atoms with Gasteiger partial charge in [-0.1, -0.05) is 50.3 Å². The largest absolute Gasteiger partial charge is 0.478 e. The molecule has 2 aromatic rings. The highest BCUT2D eigenvalue weighted by molar-refractivity contribution is 5.91. The van der Waals surface area contributed by atoms with Gasteiger partial charge < -0.3 is 10.0 Å². The second kappa shape index (κ2) is 11.6. The Morgan fingerprint density at radius 3 is 2.63 bits per heavy atom. The maximum atomic E-state index is 12.6. The smallest absolute Gasteiger partial charge is 0.335 e. The van der Waals surface area contributed by atoms with Crippen molar-refractivity contribution in [1.82, 2.24) is 4.90 Å². The topological polar surface area (TPSA) is 40.5 Å². The van der Waals surface area contributed by atoms with Gasteiger partial charge in [0.1, 0.15) is 0 Å². The van der Waals surface area contributed by atoms with E-state index in [0.717, 1.165) is 63.7 Å². The SMILES string of the molecule is CC1(C)CC=C(C2=C(c3ccc(CC4CCN(CCCF)C4)cc3)c3ccc(C(=O)O)cc3CCC2)CC1. The van der Waals surface area contributed by atoms with E-state index in [9.17, 15) is 14.3 Å². The first kappa shape index (κ1) is 26.9. The number of hydrogen-bond donors (Lipinski definition) is 1. The molecule has 0 radical (unpaired) electrons. The number of rotatable bonds is 8. The van der Waals surface area contributed by atoms with Gasteiger partial charge in [-0.2, -0.15) is 0 Å². The molecule has 2 aliphatic carbocycles. The van der Waals surface area contributed by atoms with Crippen LogP contribution < -0.4 is 0 Å². The van der Waals surface area contributed by atoms with E-state index in [1.807, 2.05) is 12.1 Å². The Balaban J connectivity index is 1.47. The van der Waals surface area contributed by atoms with Gasteiger partial charge in [0.15, 0.2) is 0 Å². The monoisotopic (exact) mass is 515 g/mol. The van der Waals surface area contributed by atoms with Crippen LogP contribution in [-0.2, 0) is 12.8 Å². The van der Waals surface area contributed by atoms with Gasteiger partial charge in [0.05, 0.1) is 12.2 Å². The molecule has 1 fully saturated rings. The van der Waals surface area contributed by atoms with Crippen molar-refractivity contribution < 1.29 is 14.3 Å². The zero-order valence-electron chi connectivity index (χ0n) is 23.1. The summed E-state index contributed by atoms with van der Waals surface area (Å²) >= 11 is 0. The molecule has 1 saturated heterocycles. The van der Waals surface area contributed by atoms with Gasteiger partial charge in [-0.05, 0) is 127 Å².